The molecule has 3 aromatic rings. The predicted octanol–water partition coefficient (Wildman–Crippen LogP) is 4.36. The maximum atomic E-state index is 13.2. The molecule has 0 aromatic heterocycles. The van der Waals surface area contributed by atoms with E-state index in [9.17, 15) is 18.0 Å². The number of piperidine rings is 1. The van der Waals surface area contributed by atoms with E-state index >= 15 is 0 Å². The third-order valence-corrected chi connectivity index (χ3v) is 8.70. The minimum Gasteiger partial charge on any atom is -0.339 e. The van der Waals surface area contributed by atoms with E-state index in [0.717, 1.165) is 10.8 Å². The molecule has 1 saturated heterocycles. The Hall–Kier alpha value is -3.23. The molecule has 2 amide bonds. The number of carbonyl (C=O) groups is 2. The van der Waals surface area contributed by atoms with Gasteiger partial charge in [-0.25, -0.2) is 8.42 Å². The molecule has 1 N–H and O–H groups in total. The summed E-state index contributed by atoms with van der Waals surface area (Å²) < 4.78 is 26.7. The molecule has 1 aliphatic heterocycles. The van der Waals surface area contributed by atoms with Gasteiger partial charge in [0.1, 0.15) is 0 Å². The molecule has 0 spiro atoms. The van der Waals surface area contributed by atoms with Gasteiger partial charge in [-0.15, -0.1) is 0 Å². The summed E-state index contributed by atoms with van der Waals surface area (Å²) in [7, 11) is -3.53. The average molecular weight is 494 g/mol. The largest absolute Gasteiger partial charge is 0.339 e. The zero-order valence-electron chi connectivity index (χ0n) is 20.1. The van der Waals surface area contributed by atoms with Crippen molar-refractivity contribution in [2.24, 2.45) is 5.92 Å². The van der Waals surface area contributed by atoms with E-state index in [0.29, 0.717) is 50.3 Å². The zero-order valence-corrected chi connectivity index (χ0v) is 20.9. The lowest BCUT2D eigenvalue weighted by Gasteiger charge is -2.31. The van der Waals surface area contributed by atoms with Crippen molar-refractivity contribution in [3.63, 3.8) is 0 Å². The maximum Gasteiger partial charge on any atom is 0.254 e. The Morgan fingerprint density at radius 2 is 1.54 bits per heavy atom. The molecule has 0 saturated carbocycles. The average Bonchev–Trinajstić information content (AvgIpc) is 2.89. The number of nitrogens with one attached hydrogen (secondary N) is 1. The summed E-state index contributed by atoms with van der Waals surface area (Å²) in [5.74, 6) is -0.321. The second-order valence-corrected chi connectivity index (χ2v) is 10.6. The molecule has 35 heavy (non-hydrogen) atoms. The molecular weight excluding hydrogens is 462 g/mol. The van der Waals surface area contributed by atoms with Crippen LogP contribution in [-0.4, -0.2) is 55.6 Å². The van der Waals surface area contributed by atoms with Crippen LogP contribution in [0.25, 0.3) is 10.8 Å². The van der Waals surface area contributed by atoms with E-state index < -0.39 is 10.0 Å². The third-order valence-electron chi connectivity index (χ3n) is 6.64. The molecule has 4 rings (SSSR count). The Labute approximate surface area is 206 Å². The summed E-state index contributed by atoms with van der Waals surface area (Å²) in [5.41, 5.74) is 1.24. The number of benzene rings is 3. The number of nitrogens with zero attached hydrogens (tertiary/aromatic N) is 2. The number of amides is 2. The van der Waals surface area contributed by atoms with E-state index in [1.807, 2.05) is 47.4 Å². The molecule has 1 aliphatic rings. The monoisotopic (exact) mass is 493 g/mol. The number of carbonyl (C=O) groups excluding carboxylic acids is 2. The molecule has 3 aromatic carbocycles. The Kier molecular flexibility index (Phi) is 7.52. The van der Waals surface area contributed by atoms with Crippen LogP contribution in [0.1, 0.15) is 37.0 Å². The molecule has 0 unspecified atom stereocenters. The summed E-state index contributed by atoms with van der Waals surface area (Å²) in [6, 6.07) is 19.9. The lowest BCUT2D eigenvalue weighted by molar-refractivity contribution is -0.121. The number of fused-ring (bicyclic) bond motifs is 1. The van der Waals surface area contributed by atoms with Crippen molar-refractivity contribution in [2.45, 2.75) is 31.6 Å². The molecule has 1 heterocycles. The van der Waals surface area contributed by atoms with Gasteiger partial charge in [-0.2, -0.15) is 4.31 Å². The van der Waals surface area contributed by atoms with Crippen LogP contribution >= 0.6 is 0 Å². The van der Waals surface area contributed by atoms with Crippen LogP contribution in [0.2, 0.25) is 0 Å². The second kappa shape index (κ2) is 10.6. The van der Waals surface area contributed by atoms with Crippen LogP contribution < -0.4 is 5.32 Å². The highest BCUT2D eigenvalue weighted by atomic mass is 32.2. The lowest BCUT2D eigenvalue weighted by Crippen LogP contribution is -2.41. The molecule has 0 bridgehead atoms. The normalized spacial score (nSPS) is 14.9. The van der Waals surface area contributed by atoms with E-state index in [-0.39, 0.29) is 22.6 Å². The van der Waals surface area contributed by atoms with Gasteiger partial charge < -0.3 is 10.2 Å². The van der Waals surface area contributed by atoms with Crippen LogP contribution in [-0.2, 0) is 14.8 Å². The summed E-state index contributed by atoms with van der Waals surface area (Å²) >= 11 is 0. The Bertz CT molecular complexity index is 1300. The summed E-state index contributed by atoms with van der Waals surface area (Å²) in [6.45, 7) is 5.44. The molecule has 0 aliphatic carbocycles. The first-order valence-electron chi connectivity index (χ1n) is 12.0. The smallest absolute Gasteiger partial charge is 0.254 e. The zero-order chi connectivity index (χ0) is 25.0. The second-order valence-electron chi connectivity index (χ2n) is 8.70. The number of hydrogen-bond donors (Lipinski definition) is 1. The van der Waals surface area contributed by atoms with Gasteiger partial charge in [-0.05, 0) is 53.9 Å². The third kappa shape index (κ3) is 5.23. The van der Waals surface area contributed by atoms with Crippen molar-refractivity contribution in [3.8, 4) is 0 Å². The van der Waals surface area contributed by atoms with Gasteiger partial charge in [0.15, 0.2) is 0 Å². The first-order chi connectivity index (χ1) is 16.8. The molecule has 184 valence electrons. The van der Waals surface area contributed by atoms with Crippen molar-refractivity contribution in [2.75, 3.05) is 31.5 Å². The number of rotatable bonds is 7. The van der Waals surface area contributed by atoms with Gasteiger partial charge in [0.2, 0.25) is 15.9 Å². The van der Waals surface area contributed by atoms with Crippen LogP contribution in [0.15, 0.2) is 71.6 Å². The highest BCUT2D eigenvalue weighted by molar-refractivity contribution is 7.89. The fourth-order valence-corrected chi connectivity index (χ4v) is 6.05. The van der Waals surface area contributed by atoms with Gasteiger partial charge in [0, 0.05) is 43.3 Å². The highest BCUT2D eigenvalue weighted by Crippen LogP contribution is 2.25. The first-order valence-corrected chi connectivity index (χ1v) is 13.5. The number of sulfonamides is 1. The fraction of sp³-hybridized carbons (Fsp3) is 0.333. The molecule has 8 heteroatoms. The maximum absolute atomic E-state index is 13.2. The molecule has 0 radical (unpaired) electrons. The first kappa shape index (κ1) is 24.9. The van der Waals surface area contributed by atoms with Crippen molar-refractivity contribution >= 4 is 38.3 Å². The number of hydrogen-bond acceptors (Lipinski definition) is 4. The SMILES string of the molecule is CCN(CC)S(=O)(=O)c1ccc(NC(=O)C2CCN(C(=O)c3cccc4ccccc34)CC2)cc1. The van der Waals surface area contributed by atoms with E-state index in [1.54, 1.807) is 26.0 Å². The van der Waals surface area contributed by atoms with Crippen molar-refractivity contribution in [3.05, 3.63) is 72.3 Å². The van der Waals surface area contributed by atoms with Crippen molar-refractivity contribution in [1.82, 2.24) is 9.21 Å². The van der Waals surface area contributed by atoms with Crippen LogP contribution in [0, 0.1) is 5.92 Å². The highest BCUT2D eigenvalue weighted by Gasteiger charge is 2.28. The van der Waals surface area contributed by atoms with Crippen LogP contribution in [0.3, 0.4) is 0 Å². The Morgan fingerprint density at radius 1 is 0.914 bits per heavy atom. The van der Waals surface area contributed by atoms with Gasteiger partial charge in [-0.3, -0.25) is 9.59 Å². The lowest BCUT2D eigenvalue weighted by atomic mass is 9.94. The Balaban J connectivity index is 1.36. The fourth-order valence-electron chi connectivity index (χ4n) is 4.59. The summed E-state index contributed by atoms with van der Waals surface area (Å²) in [4.78, 5) is 28.0. The standard InChI is InChI=1S/C27H31N3O4S/c1-3-30(4-2)35(33,34)23-14-12-22(13-15-23)28-26(31)21-16-18-29(19-17-21)27(32)25-11-7-9-20-8-5-6-10-24(20)25/h5-15,21H,3-4,16-19H2,1-2H3,(H,28,31). The summed E-state index contributed by atoms with van der Waals surface area (Å²) in [6.07, 6.45) is 1.16. The van der Waals surface area contributed by atoms with Gasteiger partial charge in [-0.1, -0.05) is 50.2 Å². The van der Waals surface area contributed by atoms with Crippen molar-refractivity contribution in [1.29, 1.82) is 0 Å². The number of anilines is 1. The van der Waals surface area contributed by atoms with Crippen molar-refractivity contribution < 1.29 is 18.0 Å². The van der Waals surface area contributed by atoms with E-state index in [4.69, 9.17) is 0 Å². The van der Waals surface area contributed by atoms with Gasteiger partial charge >= 0.3 is 0 Å². The summed E-state index contributed by atoms with van der Waals surface area (Å²) in [5, 5.41) is 4.86. The minimum absolute atomic E-state index is 0.00865. The minimum atomic E-state index is -3.53. The van der Waals surface area contributed by atoms with Gasteiger partial charge in [0.05, 0.1) is 4.90 Å². The molecule has 7 nitrogen and oxygen atoms in total. The van der Waals surface area contributed by atoms with E-state index in [1.165, 1.54) is 16.4 Å². The van der Waals surface area contributed by atoms with E-state index in [2.05, 4.69) is 5.32 Å². The molecule has 1 fully saturated rings. The van der Waals surface area contributed by atoms with Crippen LogP contribution in [0.5, 0.6) is 0 Å². The van der Waals surface area contributed by atoms with Gasteiger partial charge in [0.25, 0.3) is 5.91 Å². The van der Waals surface area contributed by atoms with Crippen LogP contribution in [0.4, 0.5) is 5.69 Å². The molecule has 0 atom stereocenters. The number of likely N-dealkylation sites (tertiary alicyclic amines) is 1. The quantitative estimate of drug-likeness (QED) is 0.530. The predicted molar refractivity (Wildman–Crippen MR) is 138 cm³/mol. The Morgan fingerprint density at radius 3 is 2.20 bits per heavy atom. The topological polar surface area (TPSA) is 86.8 Å². The molecular formula is C27H31N3O4S.